The van der Waals surface area contributed by atoms with E-state index >= 15 is 0 Å². The van der Waals surface area contributed by atoms with Crippen molar-refractivity contribution in [3.05, 3.63) is 64.4 Å². The Hall–Kier alpha value is -2.40. The van der Waals surface area contributed by atoms with Crippen LogP contribution in [0, 0.1) is 13.8 Å². The SMILES string of the molecule is Cc1cccc(CC(=O)NCc2csc(-c3ccco3)n2)c1C. The van der Waals surface area contributed by atoms with Crippen LogP contribution in [0.15, 0.2) is 46.4 Å². The van der Waals surface area contributed by atoms with Crippen LogP contribution in [0.4, 0.5) is 0 Å². The molecule has 5 heteroatoms. The lowest BCUT2D eigenvalue weighted by atomic mass is 10.0. The van der Waals surface area contributed by atoms with E-state index in [0.717, 1.165) is 22.0 Å². The summed E-state index contributed by atoms with van der Waals surface area (Å²) in [5, 5.41) is 5.70. The summed E-state index contributed by atoms with van der Waals surface area (Å²) in [5.74, 6) is 0.759. The molecule has 4 nitrogen and oxygen atoms in total. The Balaban J connectivity index is 1.58. The second-order valence-electron chi connectivity index (χ2n) is 5.43. The van der Waals surface area contributed by atoms with E-state index in [4.69, 9.17) is 4.42 Å². The lowest BCUT2D eigenvalue weighted by Crippen LogP contribution is -2.25. The molecule has 0 radical (unpaired) electrons. The number of furan rings is 1. The smallest absolute Gasteiger partial charge is 0.224 e. The van der Waals surface area contributed by atoms with Gasteiger partial charge < -0.3 is 9.73 Å². The first-order chi connectivity index (χ1) is 11.1. The van der Waals surface area contributed by atoms with E-state index in [-0.39, 0.29) is 5.91 Å². The number of hydrogen-bond donors (Lipinski definition) is 1. The number of thiazole rings is 1. The maximum absolute atomic E-state index is 12.1. The van der Waals surface area contributed by atoms with Crippen molar-refractivity contribution in [3.63, 3.8) is 0 Å². The molecule has 3 aromatic rings. The van der Waals surface area contributed by atoms with Crippen LogP contribution in [0.2, 0.25) is 0 Å². The molecule has 0 aliphatic rings. The Morgan fingerprint density at radius 1 is 1.26 bits per heavy atom. The molecule has 0 atom stereocenters. The van der Waals surface area contributed by atoms with Gasteiger partial charge in [0, 0.05) is 5.38 Å². The average molecular weight is 326 g/mol. The maximum Gasteiger partial charge on any atom is 0.224 e. The van der Waals surface area contributed by atoms with Crippen molar-refractivity contribution in [2.75, 3.05) is 0 Å². The van der Waals surface area contributed by atoms with Crippen LogP contribution in [-0.2, 0) is 17.8 Å². The normalized spacial score (nSPS) is 10.7. The first-order valence-electron chi connectivity index (χ1n) is 7.43. The van der Waals surface area contributed by atoms with Gasteiger partial charge in [0.25, 0.3) is 0 Å². The van der Waals surface area contributed by atoms with Gasteiger partial charge in [-0.1, -0.05) is 18.2 Å². The average Bonchev–Trinajstić information content (AvgIpc) is 3.20. The summed E-state index contributed by atoms with van der Waals surface area (Å²) in [7, 11) is 0. The van der Waals surface area contributed by atoms with Gasteiger partial charge in [0.05, 0.1) is 24.9 Å². The molecule has 0 aliphatic heterocycles. The van der Waals surface area contributed by atoms with E-state index in [1.54, 1.807) is 6.26 Å². The molecule has 23 heavy (non-hydrogen) atoms. The first-order valence-corrected chi connectivity index (χ1v) is 8.31. The van der Waals surface area contributed by atoms with Crippen LogP contribution >= 0.6 is 11.3 Å². The molecule has 0 spiro atoms. The summed E-state index contributed by atoms with van der Waals surface area (Å²) in [6.07, 6.45) is 2.02. The minimum absolute atomic E-state index is 0.00579. The van der Waals surface area contributed by atoms with Crippen molar-refractivity contribution in [3.8, 4) is 10.8 Å². The van der Waals surface area contributed by atoms with Crippen LogP contribution in [0.5, 0.6) is 0 Å². The number of amides is 1. The zero-order valence-electron chi connectivity index (χ0n) is 13.1. The lowest BCUT2D eigenvalue weighted by molar-refractivity contribution is -0.120. The van der Waals surface area contributed by atoms with Crippen molar-refractivity contribution in [1.82, 2.24) is 10.3 Å². The molecule has 0 bridgehead atoms. The van der Waals surface area contributed by atoms with Crippen molar-refractivity contribution >= 4 is 17.2 Å². The number of nitrogens with zero attached hydrogens (tertiary/aromatic N) is 1. The number of nitrogens with one attached hydrogen (secondary N) is 1. The number of carbonyl (C=O) groups excluding carboxylic acids is 1. The Bertz CT molecular complexity index is 806. The van der Waals surface area contributed by atoms with Crippen molar-refractivity contribution in [2.45, 2.75) is 26.8 Å². The van der Waals surface area contributed by atoms with E-state index in [1.807, 2.05) is 36.6 Å². The van der Waals surface area contributed by atoms with Gasteiger partial charge >= 0.3 is 0 Å². The van der Waals surface area contributed by atoms with Gasteiger partial charge in [0.15, 0.2) is 10.8 Å². The zero-order chi connectivity index (χ0) is 16.2. The standard InChI is InChI=1S/C18H18N2O2S/c1-12-5-3-6-14(13(12)2)9-17(21)19-10-15-11-23-18(20-15)16-7-4-8-22-16/h3-8,11H,9-10H2,1-2H3,(H,19,21). The molecule has 0 aliphatic carbocycles. The monoisotopic (exact) mass is 326 g/mol. The van der Waals surface area contributed by atoms with Crippen molar-refractivity contribution < 1.29 is 9.21 Å². The molecule has 1 aromatic carbocycles. The van der Waals surface area contributed by atoms with E-state index in [1.165, 1.54) is 22.5 Å². The van der Waals surface area contributed by atoms with E-state index in [2.05, 4.69) is 23.3 Å². The fourth-order valence-electron chi connectivity index (χ4n) is 2.33. The molecule has 3 rings (SSSR count). The molecular weight excluding hydrogens is 308 g/mol. The topological polar surface area (TPSA) is 55.1 Å². The molecule has 0 saturated carbocycles. The van der Waals surface area contributed by atoms with Gasteiger partial charge in [-0.3, -0.25) is 4.79 Å². The number of aromatic nitrogens is 1. The van der Waals surface area contributed by atoms with Gasteiger partial charge in [-0.15, -0.1) is 11.3 Å². The molecule has 1 amide bonds. The molecule has 0 fully saturated rings. The summed E-state index contributed by atoms with van der Waals surface area (Å²) in [4.78, 5) is 16.6. The van der Waals surface area contributed by atoms with Gasteiger partial charge in [-0.25, -0.2) is 4.98 Å². The third-order valence-corrected chi connectivity index (χ3v) is 4.72. The highest BCUT2D eigenvalue weighted by atomic mass is 32.1. The first kappa shape index (κ1) is 15.5. The number of benzene rings is 1. The predicted molar refractivity (Wildman–Crippen MR) is 91.3 cm³/mol. The van der Waals surface area contributed by atoms with Gasteiger partial charge in [0.2, 0.25) is 5.91 Å². The quantitative estimate of drug-likeness (QED) is 0.774. The van der Waals surface area contributed by atoms with E-state index < -0.39 is 0 Å². The molecule has 0 unspecified atom stereocenters. The molecule has 1 N–H and O–H groups in total. The van der Waals surface area contributed by atoms with Crippen LogP contribution < -0.4 is 5.32 Å². The number of rotatable bonds is 5. The highest BCUT2D eigenvalue weighted by Gasteiger charge is 2.10. The Morgan fingerprint density at radius 3 is 2.91 bits per heavy atom. The maximum atomic E-state index is 12.1. The summed E-state index contributed by atoms with van der Waals surface area (Å²) in [5.41, 5.74) is 4.29. The summed E-state index contributed by atoms with van der Waals surface area (Å²) in [6, 6.07) is 9.76. The fourth-order valence-corrected chi connectivity index (χ4v) is 3.12. The Morgan fingerprint density at radius 2 is 2.13 bits per heavy atom. The summed E-state index contributed by atoms with van der Waals surface area (Å²) < 4.78 is 5.32. The molecule has 0 saturated heterocycles. The summed E-state index contributed by atoms with van der Waals surface area (Å²) in [6.45, 7) is 4.54. The second-order valence-corrected chi connectivity index (χ2v) is 6.29. The lowest BCUT2D eigenvalue weighted by Gasteiger charge is -2.08. The van der Waals surface area contributed by atoms with E-state index in [0.29, 0.717) is 13.0 Å². The minimum Gasteiger partial charge on any atom is -0.462 e. The Kier molecular flexibility index (Phi) is 4.57. The molecular formula is C18H18N2O2S. The van der Waals surface area contributed by atoms with E-state index in [9.17, 15) is 4.79 Å². The Labute approximate surface area is 139 Å². The summed E-state index contributed by atoms with van der Waals surface area (Å²) >= 11 is 1.51. The third kappa shape index (κ3) is 3.68. The minimum atomic E-state index is 0.00579. The van der Waals surface area contributed by atoms with Crippen LogP contribution in [-0.4, -0.2) is 10.9 Å². The predicted octanol–water partition coefficient (Wildman–Crippen LogP) is 3.88. The van der Waals surface area contributed by atoms with Gasteiger partial charge in [-0.05, 0) is 42.7 Å². The number of aryl methyl sites for hydroxylation is 1. The third-order valence-electron chi connectivity index (χ3n) is 3.82. The molecule has 118 valence electrons. The van der Waals surface area contributed by atoms with Crippen molar-refractivity contribution in [1.29, 1.82) is 0 Å². The highest BCUT2D eigenvalue weighted by Crippen LogP contribution is 2.23. The molecule has 2 aromatic heterocycles. The van der Waals surface area contributed by atoms with Crippen LogP contribution in [0.25, 0.3) is 10.8 Å². The van der Waals surface area contributed by atoms with Crippen LogP contribution in [0.3, 0.4) is 0 Å². The van der Waals surface area contributed by atoms with Crippen LogP contribution in [0.1, 0.15) is 22.4 Å². The highest BCUT2D eigenvalue weighted by molar-refractivity contribution is 7.13. The van der Waals surface area contributed by atoms with Crippen molar-refractivity contribution in [2.24, 2.45) is 0 Å². The van der Waals surface area contributed by atoms with Gasteiger partial charge in [-0.2, -0.15) is 0 Å². The molecule has 2 heterocycles. The second kappa shape index (κ2) is 6.79. The zero-order valence-corrected chi connectivity index (χ0v) is 13.9. The number of carbonyl (C=O) groups is 1. The van der Waals surface area contributed by atoms with Gasteiger partial charge in [0.1, 0.15) is 0 Å². The largest absolute Gasteiger partial charge is 0.462 e. The number of hydrogen-bond acceptors (Lipinski definition) is 4. The fraction of sp³-hybridized carbons (Fsp3) is 0.222.